The van der Waals surface area contributed by atoms with Crippen molar-refractivity contribution in [2.24, 2.45) is 0 Å². The minimum Gasteiger partial charge on any atom is -0.357 e. The Labute approximate surface area is 120 Å². The van der Waals surface area contributed by atoms with Crippen LogP contribution < -0.4 is 4.90 Å². The van der Waals surface area contributed by atoms with E-state index in [0.29, 0.717) is 0 Å². The summed E-state index contributed by atoms with van der Waals surface area (Å²) in [5.74, 6) is 1.09. The normalized spacial score (nSPS) is 23.7. The summed E-state index contributed by atoms with van der Waals surface area (Å²) in [4.78, 5) is 20.1. The van der Waals surface area contributed by atoms with Gasteiger partial charge in [-0.25, -0.2) is 4.98 Å². The molecule has 4 nitrogen and oxygen atoms in total. The molecule has 1 aromatic rings. The molecule has 0 saturated carbocycles. The van der Waals surface area contributed by atoms with Crippen LogP contribution in [0, 0.1) is 0 Å². The van der Waals surface area contributed by atoms with E-state index in [-0.39, 0.29) is 6.04 Å². The molecule has 1 unspecified atom stereocenters. The number of carbonyl (C=O) groups excluding carboxylic acids is 1. The van der Waals surface area contributed by atoms with Gasteiger partial charge < -0.3 is 9.80 Å². The molecule has 0 N–H and O–H groups in total. The quantitative estimate of drug-likeness (QED) is 0.795. The first-order chi connectivity index (χ1) is 9.88. The van der Waals surface area contributed by atoms with Crippen molar-refractivity contribution in [3.8, 4) is 0 Å². The Hall–Kier alpha value is -1.58. The molecule has 108 valence electrons. The van der Waals surface area contributed by atoms with Gasteiger partial charge in [-0.1, -0.05) is 6.07 Å². The minimum absolute atomic E-state index is 0.226. The third-order valence-corrected chi connectivity index (χ3v) is 4.52. The molecule has 0 bridgehead atoms. The number of nitrogens with zero attached hydrogens (tertiary/aromatic N) is 3. The fourth-order valence-corrected chi connectivity index (χ4v) is 3.34. The molecule has 0 aliphatic carbocycles. The molecule has 1 atom stereocenters. The van der Waals surface area contributed by atoms with Gasteiger partial charge >= 0.3 is 0 Å². The van der Waals surface area contributed by atoms with Gasteiger partial charge in [0, 0.05) is 25.8 Å². The van der Waals surface area contributed by atoms with Gasteiger partial charge in [-0.2, -0.15) is 0 Å². The molecule has 2 aliphatic rings. The van der Waals surface area contributed by atoms with Gasteiger partial charge in [0.05, 0.1) is 6.04 Å². The number of carbonyl (C=O) groups is 1. The van der Waals surface area contributed by atoms with E-state index >= 15 is 0 Å². The highest BCUT2D eigenvalue weighted by Crippen LogP contribution is 2.30. The zero-order chi connectivity index (χ0) is 13.8. The highest BCUT2D eigenvalue weighted by Gasteiger charge is 2.23. The number of likely N-dealkylation sites (tertiary alicyclic amines) is 1. The van der Waals surface area contributed by atoms with Crippen LogP contribution in [0.4, 0.5) is 5.82 Å². The molecular formula is C16H23N3O. The van der Waals surface area contributed by atoms with Gasteiger partial charge in [-0.3, -0.25) is 4.79 Å². The van der Waals surface area contributed by atoms with Crippen LogP contribution in [0.1, 0.15) is 50.1 Å². The standard InChI is InChI=1S/C16H23N3O/c20-13-19-11-5-2-6-15(19)14-7-8-16(17-12-14)18-9-3-1-4-10-18/h7-8,12-13,15H,1-6,9-11H2. The molecule has 3 rings (SSSR count). The molecule has 3 heterocycles. The van der Waals surface area contributed by atoms with E-state index in [1.165, 1.54) is 31.2 Å². The van der Waals surface area contributed by atoms with E-state index in [0.717, 1.165) is 44.7 Å². The zero-order valence-corrected chi connectivity index (χ0v) is 12.0. The predicted molar refractivity (Wildman–Crippen MR) is 79.7 cm³/mol. The van der Waals surface area contributed by atoms with Crippen molar-refractivity contribution in [2.45, 2.75) is 44.6 Å². The second kappa shape index (κ2) is 6.25. The molecule has 4 heteroatoms. The lowest BCUT2D eigenvalue weighted by atomic mass is 9.97. The van der Waals surface area contributed by atoms with Crippen LogP contribution in [0.5, 0.6) is 0 Å². The Bertz CT molecular complexity index is 440. The Morgan fingerprint density at radius 3 is 2.55 bits per heavy atom. The fourth-order valence-electron chi connectivity index (χ4n) is 3.34. The van der Waals surface area contributed by atoms with Crippen LogP contribution in [0.25, 0.3) is 0 Å². The number of hydrogen-bond donors (Lipinski definition) is 0. The molecule has 2 saturated heterocycles. The maximum atomic E-state index is 11.2. The van der Waals surface area contributed by atoms with Gasteiger partial charge in [0.15, 0.2) is 0 Å². The largest absolute Gasteiger partial charge is 0.357 e. The molecule has 2 fully saturated rings. The summed E-state index contributed by atoms with van der Waals surface area (Å²) in [7, 11) is 0. The summed E-state index contributed by atoms with van der Waals surface area (Å²) in [5, 5.41) is 0. The molecule has 0 spiro atoms. The SMILES string of the molecule is O=CN1CCCCC1c1ccc(N2CCCCC2)nc1. The van der Waals surface area contributed by atoms with Crippen LogP contribution in [-0.4, -0.2) is 35.9 Å². The van der Waals surface area contributed by atoms with Crippen LogP contribution in [-0.2, 0) is 4.79 Å². The topological polar surface area (TPSA) is 36.4 Å². The number of amides is 1. The third-order valence-electron chi connectivity index (χ3n) is 4.52. The molecule has 20 heavy (non-hydrogen) atoms. The van der Waals surface area contributed by atoms with E-state index < -0.39 is 0 Å². The Morgan fingerprint density at radius 2 is 1.85 bits per heavy atom. The number of hydrogen-bond acceptors (Lipinski definition) is 3. The summed E-state index contributed by atoms with van der Waals surface area (Å²) < 4.78 is 0. The van der Waals surface area contributed by atoms with Gasteiger partial charge in [0.25, 0.3) is 0 Å². The van der Waals surface area contributed by atoms with E-state index in [1.807, 2.05) is 11.1 Å². The van der Waals surface area contributed by atoms with Gasteiger partial charge in [-0.05, 0) is 50.2 Å². The van der Waals surface area contributed by atoms with Crippen molar-refractivity contribution >= 4 is 12.2 Å². The van der Waals surface area contributed by atoms with Crippen molar-refractivity contribution in [1.82, 2.24) is 9.88 Å². The summed E-state index contributed by atoms with van der Waals surface area (Å²) in [6, 6.07) is 4.51. The first-order valence-electron chi connectivity index (χ1n) is 7.80. The Morgan fingerprint density at radius 1 is 1.05 bits per heavy atom. The van der Waals surface area contributed by atoms with Crippen molar-refractivity contribution < 1.29 is 4.79 Å². The number of pyridine rings is 1. The first-order valence-corrected chi connectivity index (χ1v) is 7.80. The first kappa shape index (κ1) is 13.4. The monoisotopic (exact) mass is 273 g/mol. The Balaban J connectivity index is 1.72. The predicted octanol–water partition coefficient (Wildman–Crippen LogP) is 2.76. The molecule has 0 aromatic carbocycles. The highest BCUT2D eigenvalue weighted by atomic mass is 16.1. The summed E-state index contributed by atoms with van der Waals surface area (Å²) in [6.07, 6.45) is 10.2. The molecular weight excluding hydrogens is 250 g/mol. The van der Waals surface area contributed by atoms with Crippen molar-refractivity contribution in [3.05, 3.63) is 23.9 Å². The maximum absolute atomic E-state index is 11.2. The molecule has 1 amide bonds. The van der Waals surface area contributed by atoms with Crippen molar-refractivity contribution in [1.29, 1.82) is 0 Å². The number of rotatable bonds is 3. The maximum Gasteiger partial charge on any atom is 0.210 e. The average Bonchev–Trinajstić information content (AvgIpc) is 2.56. The van der Waals surface area contributed by atoms with Crippen molar-refractivity contribution in [2.75, 3.05) is 24.5 Å². The zero-order valence-electron chi connectivity index (χ0n) is 12.0. The summed E-state index contributed by atoms with van der Waals surface area (Å²) >= 11 is 0. The van der Waals surface area contributed by atoms with Gasteiger partial charge in [-0.15, -0.1) is 0 Å². The van der Waals surface area contributed by atoms with Gasteiger partial charge in [0.1, 0.15) is 5.82 Å². The number of anilines is 1. The fraction of sp³-hybridized carbons (Fsp3) is 0.625. The lowest BCUT2D eigenvalue weighted by Crippen LogP contribution is -2.32. The summed E-state index contributed by atoms with van der Waals surface area (Å²) in [5.41, 5.74) is 1.18. The van der Waals surface area contributed by atoms with E-state index in [4.69, 9.17) is 0 Å². The lowest BCUT2D eigenvalue weighted by molar-refractivity contribution is -0.121. The summed E-state index contributed by atoms with van der Waals surface area (Å²) in [6.45, 7) is 3.12. The molecule has 2 aliphatic heterocycles. The van der Waals surface area contributed by atoms with Crippen LogP contribution >= 0.6 is 0 Å². The minimum atomic E-state index is 0.226. The average molecular weight is 273 g/mol. The third kappa shape index (κ3) is 2.79. The number of piperidine rings is 2. The molecule has 0 radical (unpaired) electrons. The van der Waals surface area contributed by atoms with E-state index in [1.54, 1.807) is 0 Å². The van der Waals surface area contributed by atoms with Crippen molar-refractivity contribution in [3.63, 3.8) is 0 Å². The van der Waals surface area contributed by atoms with Gasteiger partial charge in [0.2, 0.25) is 6.41 Å². The smallest absolute Gasteiger partial charge is 0.210 e. The highest BCUT2D eigenvalue weighted by molar-refractivity contribution is 5.49. The van der Waals surface area contributed by atoms with E-state index in [2.05, 4.69) is 22.0 Å². The van der Waals surface area contributed by atoms with Crippen LogP contribution in [0.15, 0.2) is 18.3 Å². The Kier molecular flexibility index (Phi) is 4.19. The second-order valence-corrected chi connectivity index (χ2v) is 5.85. The molecule has 1 aromatic heterocycles. The lowest BCUT2D eigenvalue weighted by Gasteiger charge is -2.33. The number of aromatic nitrogens is 1. The second-order valence-electron chi connectivity index (χ2n) is 5.85. The van der Waals surface area contributed by atoms with Crippen LogP contribution in [0.3, 0.4) is 0 Å². The van der Waals surface area contributed by atoms with Crippen LogP contribution in [0.2, 0.25) is 0 Å². The van der Waals surface area contributed by atoms with E-state index in [9.17, 15) is 4.79 Å².